The molecule has 1 heterocycles. The van der Waals surface area contributed by atoms with Gasteiger partial charge in [-0.25, -0.2) is 0 Å². The molecule has 1 aromatic heterocycles. The lowest BCUT2D eigenvalue weighted by Crippen LogP contribution is -2.26. The third kappa shape index (κ3) is 3.06. The van der Waals surface area contributed by atoms with E-state index in [2.05, 4.69) is 16.5 Å². The lowest BCUT2D eigenvalue weighted by Gasteiger charge is -2.24. The largest absolute Gasteiger partial charge is 0.503 e. The van der Waals surface area contributed by atoms with Crippen LogP contribution in [-0.2, 0) is 0 Å². The van der Waals surface area contributed by atoms with Gasteiger partial charge in [0.25, 0.3) is 0 Å². The van der Waals surface area contributed by atoms with Gasteiger partial charge in [0.1, 0.15) is 5.69 Å². The zero-order valence-electron chi connectivity index (χ0n) is 13.4. The van der Waals surface area contributed by atoms with E-state index in [0.29, 0.717) is 23.4 Å². The number of aromatic nitrogens is 1. The van der Waals surface area contributed by atoms with Crippen molar-refractivity contribution < 1.29 is 5.11 Å². The molecule has 2 fully saturated rings. The van der Waals surface area contributed by atoms with Gasteiger partial charge in [-0.05, 0) is 38.5 Å². The standard InChI is InChI=1S/C18H26N2O2/c1-12-10-16(21)18(22)17(20(12)15-8-9-15)13(2)19-11-14-6-4-3-5-7-14/h10,14-15,19,22H,2-9,11H2,1H3. The molecule has 0 bridgehead atoms. The highest BCUT2D eigenvalue weighted by Gasteiger charge is 2.29. The summed E-state index contributed by atoms with van der Waals surface area (Å²) in [6.07, 6.45) is 8.68. The molecule has 120 valence electrons. The summed E-state index contributed by atoms with van der Waals surface area (Å²) in [5.74, 6) is 0.511. The Morgan fingerprint density at radius 3 is 2.64 bits per heavy atom. The van der Waals surface area contributed by atoms with Crippen molar-refractivity contribution in [2.75, 3.05) is 6.54 Å². The van der Waals surface area contributed by atoms with E-state index in [1.165, 1.54) is 38.2 Å². The smallest absolute Gasteiger partial charge is 0.224 e. The summed E-state index contributed by atoms with van der Waals surface area (Å²) in [7, 11) is 0. The highest BCUT2D eigenvalue weighted by Crippen LogP contribution is 2.39. The summed E-state index contributed by atoms with van der Waals surface area (Å²) < 4.78 is 2.08. The number of nitrogens with one attached hydrogen (secondary N) is 1. The molecule has 2 aliphatic carbocycles. The van der Waals surface area contributed by atoms with E-state index < -0.39 is 0 Å². The van der Waals surface area contributed by atoms with Crippen LogP contribution in [0.25, 0.3) is 5.70 Å². The number of pyridine rings is 1. The SMILES string of the molecule is C=C(NCC1CCCCC1)c1c(O)c(=O)cc(C)n1C1CC1. The molecule has 4 nitrogen and oxygen atoms in total. The molecule has 3 rings (SSSR count). The molecule has 0 amide bonds. The van der Waals surface area contributed by atoms with Crippen LogP contribution in [0.15, 0.2) is 17.4 Å². The van der Waals surface area contributed by atoms with Gasteiger partial charge >= 0.3 is 0 Å². The van der Waals surface area contributed by atoms with E-state index in [-0.39, 0.29) is 11.2 Å². The minimum absolute atomic E-state index is 0.168. The van der Waals surface area contributed by atoms with E-state index >= 15 is 0 Å². The average molecular weight is 302 g/mol. The lowest BCUT2D eigenvalue weighted by molar-refractivity contribution is 0.354. The Hall–Kier alpha value is -1.71. The zero-order valence-corrected chi connectivity index (χ0v) is 13.4. The van der Waals surface area contributed by atoms with Gasteiger partial charge in [-0.15, -0.1) is 0 Å². The quantitative estimate of drug-likeness (QED) is 0.877. The Morgan fingerprint density at radius 2 is 2.00 bits per heavy atom. The molecule has 0 atom stereocenters. The van der Waals surface area contributed by atoms with Crippen LogP contribution >= 0.6 is 0 Å². The second-order valence-corrected chi connectivity index (χ2v) is 6.81. The fraction of sp³-hybridized carbons (Fsp3) is 0.611. The van der Waals surface area contributed by atoms with Gasteiger partial charge in [0.05, 0.1) is 5.70 Å². The Labute approximate surface area is 131 Å². The third-order valence-electron chi connectivity index (χ3n) is 4.95. The molecule has 0 saturated heterocycles. The highest BCUT2D eigenvalue weighted by molar-refractivity contribution is 5.64. The molecule has 0 radical (unpaired) electrons. The first kappa shape index (κ1) is 15.2. The van der Waals surface area contributed by atoms with Gasteiger partial charge in [0.2, 0.25) is 5.43 Å². The Morgan fingerprint density at radius 1 is 1.32 bits per heavy atom. The van der Waals surface area contributed by atoms with Gasteiger partial charge in [-0.1, -0.05) is 25.8 Å². The predicted octanol–water partition coefficient (Wildman–Crippen LogP) is 3.34. The molecule has 2 saturated carbocycles. The summed E-state index contributed by atoms with van der Waals surface area (Å²) in [6.45, 7) is 6.90. The maximum absolute atomic E-state index is 11.9. The molecule has 4 heteroatoms. The van der Waals surface area contributed by atoms with Crippen LogP contribution in [0.5, 0.6) is 5.75 Å². The Bertz CT molecular complexity index is 623. The van der Waals surface area contributed by atoms with Crippen molar-refractivity contribution in [2.24, 2.45) is 5.92 Å². The fourth-order valence-electron chi connectivity index (χ4n) is 3.57. The first-order valence-corrected chi connectivity index (χ1v) is 8.46. The first-order valence-electron chi connectivity index (χ1n) is 8.46. The van der Waals surface area contributed by atoms with E-state index in [1.54, 1.807) is 0 Å². The number of nitrogens with zero attached hydrogens (tertiary/aromatic N) is 1. The van der Waals surface area contributed by atoms with Crippen molar-refractivity contribution in [3.8, 4) is 5.75 Å². The van der Waals surface area contributed by atoms with Crippen molar-refractivity contribution in [2.45, 2.75) is 57.9 Å². The maximum Gasteiger partial charge on any atom is 0.224 e. The van der Waals surface area contributed by atoms with Crippen LogP contribution in [0.4, 0.5) is 0 Å². The van der Waals surface area contributed by atoms with E-state index in [1.807, 2.05) is 6.92 Å². The average Bonchev–Trinajstić information content (AvgIpc) is 3.34. The molecule has 2 aliphatic rings. The predicted molar refractivity (Wildman–Crippen MR) is 89.0 cm³/mol. The van der Waals surface area contributed by atoms with Gasteiger partial charge in [-0.3, -0.25) is 4.79 Å². The van der Waals surface area contributed by atoms with Crippen molar-refractivity contribution in [3.05, 3.63) is 34.3 Å². The Kier molecular flexibility index (Phi) is 4.27. The summed E-state index contributed by atoms with van der Waals surface area (Å²) >= 11 is 0. The molecular formula is C18H26N2O2. The van der Waals surface area contributed by atoms with Gasteiger partial charge in [0, 0.05) is 24.3 Å². The normalized spacial score (nSPS) is 19.1. The van der Waals surface area contributed by atoms with Crippen molar-refractivity contribution in [1.82, 2.24) is 9.88 Å². The Balaban J connectivity index is 1.80. The first-order chi connectivity index (χ1) is 10.6. The molecule has 2 N–H and O–H groups in total. The van der Waals surface area contributed by atoms with Gasteiger partial charge in [-0.2, -0.15) is 0 Å². The minimum Gasteiger partial charge on any atom is -0.503 e. The van der Waals surface area contributed by atoms with Crippen LogP contribution in [0.1, 0.15) is 62.4 Å². The maximum atomic E-state index is 11.9. The van der Waals surface area contributed by atoms with E-state index in [0.717, 1.165) is 25.1 Å². The summed E-state index contributed by atoms with van der Waals surface area (Å²) in [4.78, 5) is 11.9. The van der Waals surface area contributed by atoms with Crippen LogP contribution in [0.2, 0.25) is 0 Å². The number of hydrogen-bond acceptors (Lipinski definition) is 3. The number of aryl methyl sites for hydroxylation is 1. The van der Waals surface area contributed by atoms with Gasteiger partial charge in [0.15, 0.2) is 5.75 Å². The molecule has 0 unspecified atom stereocenters. The van der Waals surface area contributed by atoms with Crippen molar-refractivity contribution in [3.63, 3.8) is 0 Å². The second kappa shape index (κ2) is 6.19. The van der Waals surface area contributed by atoms with Crippen LogP contribution in [0, 0.1) is 12.8 Å². The van der Waals surface area contributed by atoms with Crippen LogP contribution in [0.3, 0.4) is 0 Å². The summed E-state index contributed by atoms with van der Waals surface area (Å²) in [5.41, 5.74) is 1.85. The fourth-order valence-corrected chi connectivity index (χ4v) is 3.57. The molecule has 0 spiro atoms. The summed E-state index contributed by atoms with van der Waals surface area (Å²) in [5, 5.41) is 13.6. The lowest BCUT2D eigenvalue weighted by atomic mass is 9.89. The van der Waals surface area contributed by atoms with Crippen molar-refractivity contribution in [1.29, 1.82) is 0 Å². The zero-order chi connectivity index (χ0) is 15.7. The number of hydrogen-bond donors (Lipinski definition) is 2. The van der Waals surface area contributed by atoms with E-state index in [9.17, 15) is 9.90 Å². The number of aromatic hydroxyl groups is 1. The van der Waals surface area contributed by atoms with Crippen LogP contribution < -0.4 is 10.7 Å². The highest BCUT2D eigenvalue weighted by atomic mass is 16.3. The van der Waals surface area contributed by atoms with E-state index in [4.69, 9.17) is 0 Å². The van der Waals surface area contributed by atoms with Crippen molar-refractivity contribution >= 4 is 5.70 Å². The summed E-state index contributed by atoms with van der Waals surface area (Å²) in [6, 6.07) is 1.92. The molecular weight excluding hydrogens is 276 g/mol. The minimum atomic E-state index is -0.315. The molecule has 22 heavy (non-hydrogen) atoms. The van der Waals surface area contributed by atoms with Crippen LogP contribution in [-0.4, -0.2) is 16.2 Å². The third-order valence-corrected chi connectivity index (χ3v) is 4.95. The topological polar surface area (TPSA) is 54.3 Å². The monoisotopic (exact) mass is 302 g/mol. The molecule has 0 aromatic carbocycles. The number of rotatable bonds is 5. The molecule has 0 aliphatic heterocycles. The molecule has 1 aromatic rings. The van der Waals surface area contributed by atoms with Gasteiger partial charge < -0.3 is 15.0 Å². The second-order valence-electron chi connectivity index (χ2n) is 6.81.